The normalized spacial score (nSPS) is 14.2. The van der Waals surface area contributed by atoms with E-state index in [-0.39, 0.29) is 22.8 Å². The summed E-state index contributed by atoms with van der Waals surface area (Å²) in [6, 6.07) is 1.59. The van der Waals surface area contributed by atoms with Crippen molar-refractivity contribution < 1.29 is 22.3 Å². The minimum atomic E-state index is -4.61. The fraction of sp³-hybridized carbons (Fsp3) is 0.273. The van der Waals surface area contributed by atoms with Crippen LogP contribution in [0.3, 0.4) is 0 Å². The zero-order valence-corrected chi connectivity index (χ0v) is 18.4. The number of pyridine rings is 1. The lowest BCUT2D eigenvalue weighted by Crippen LogP contribution is -2.08. The first-order chi connectivity index (χ1) is 15.0. The second-order valence-electron chi connectivity index (χ2n) is 7.19. The summed E-state index contributed by atoms with van der Waals surface area (Å²) >= 11 is 6.18. The molecule has 0 fully saturated rings. The number of halogens is 5. The number of ether oxygens (including phenoxy) is 1. The highest BCUT2D eigenvalue weighted by atomic mass is 35.5. The van der Waals surface area contributed by atoms with E-state index < -0.39 is 23.6 Å². The standard InChI is InChI=1S/C22H21ClF4N4O/c1-12(13(2)19(23)18(24)6-5-7-32-4)16-10-29-21-15(16)8-14(9-28-21)17-11-31(3)30-20(17)22(25,26)27/h5-6,8-12H,2,7H2,1,3-4H3,(H,28,29)/b6-5-,19-18-/t12-/m1/s1. The number of fused-ring (bicyclic) bond motifs is 1. The molecule has 3 rings (SSSR count). The van der Waals surface area contributed by atoms with Gasteiger partial charge in [0.25, 0.3) is 0 Å². The number of hydrogen-bond donors (Lipinski definition) is 1. The Morgan fingerprint density at radius 2 is 2.12 bits per heavy atom. The Bertz CT molecular complexity index is 1210. The van der Waals surface area contributed by atoms with Crippen LogP contribution in [-0.4, -0.2) is 33.5 Å². The quantitative estimate of drug-likeness (QED) is 0.328. The lowest BCUT2D eigenvalue weighted by molar-refractivity contribution is -0.140. The predicted octanol–water partition coefficient (Wildman–Crippen LogP) is 6.26. The molecule has 0 aliphatic heterocycles. The molecular formula is C22H21ClF4N4O. The zero-order chi connectivity index (χ0) is 23.6. The first kappa shape index (κ1) is 23.7. The first-order valence-electron chi connectivity index (χ1n) is 9.52. The summed E-state index contributed by atoms with van der Waals surface area (Å²) in [7, 11) is 2.90. The molecule has 0 bridgehead atoms. The molecule has 3 heterocycles. The number of aryl methyl sites for hydroxylation is 1. The summed E-state index contributed by atoms with van der Waals surface area (Å²) in [4.78, 5) is 7.23. The van der Waals surface area contributed by atoms with E-state index in [1.54, 1.807) is 19.2 Å². The molecule has 0 radical (unpaired) electrons. The van der Waals surface area contributed by atoms with Crippen molar-refractivity contribution >= 4 is 22.6 Å². The molecule has 0 saturated carbocycles. The van der Waals surface area contributed by atoms with Crippen LogP contribution in [0.1, 0.15) is 24.1 Å². The lowest BCUT2D eigenvalue weighted by atomic mass is 9.92. The Hall–Kier alpha value is -2.91. The molecule has 32 heavy (non-hydrogen) atoms. The fourth-order valence-electron chi connectivity index (χ4n) is 3.29. The van der Waals surface area contributed by atoms with Gasteiger partial charge in [-0.05, 0) is 23.3 Å². The second-order valence-corrected chi connectivity index (χ2v) is 7.57. The molecule has 170 valence electrons. The number of aromatic nitrogens is 4. The third kappa shape index (κ3) is 4.78. The van der Waals surface area contributed by atoms with Gasteiger partial charge in [-0.3, -0.25) is 4.68 Å². The van der Waals surface area contributed by atoms with E-state index in [0.717, 1.165) is 4.68 Å². The molecule has 0 spiro atoms. The molecule has 0 aliphatic carbocycles. The average molecular weight is 469 g/mol. The Morgan fingerprint density at radius 3 is 2.78 bits per heavy atom. The molecule has 0 aliphatic rings. The molecule has 1 N–H and O–H groups in total. The third-order valence-electron chi connectivity index (χ3n) is 4.98. The Kier molecular flexibility index (Phi) is 6.90. The number of nitrogens with zero attached hydrogens (tertiary/aromatic N) is 3. The number of allylic oxidation sites excluding steroid dienone is 4. The van der Waals surface area contributed by atoms with Gasteiger partial charge in [0.05, 0.1) is 11.6 Å². The van der Waals surface area contributed by atoms with Crippen molar-refractivity contribution in [2.75, 3.05) is 13.7 Å². The first-order valence-corrected chi connectivity index (χ1v) is 9.90. The number of H-pyrrole nitrogens is 1. The largest absolute Gasteiger partial charge is 0.435 e. The molecule has 3 aromatic heterocycles. The van der Waals surface area contributed by atoms with Crippen molar-refractivity contribution in [2.24, 2.45) is 7.05 Å². The van der Waals surface area contributed by atoms with Crippen molar-refractivity contribution in [3.63, 3.8) is 0 Å². The van der Waals surface area contributed by atoms with Gasteiger partial charge in [0.2, 0.25) is 0 Å². The summed E-state index contributed by atoms with van der Waals surface area (Å²) in [5.74, 6) is -1.10. The molecule has 0 aromatic carbocycles. The Balaban J connectivity index is 2.02. The van der Waals surface area contributed by atoms with Gasteiger partial charge in [-0.1, -0.05) is 31.2 Å². The van der Waals surface area contributed by atoms with Gasteiger partial charge < -0.3 is 9.72 Å². The van der Waals surface area contributed by atoms with Crippen LogP contribution in [0.15, 0.2) is 59.8 Å². The van der Waals surface area contributed by atoms with E-state index in [4.69, 9.17) is 16.3 Å². The molecule has 0 unspecified atom stereocenters. The van der Waals surface area contributed by atoms with E-state index >= 15 is 0 Å². The molecule has 5 nitrogen and oxygen atoms in total. The number of nitrogens with one attached hydrogen (secondary N) is 1. The van der Waals surface area contributed by atoms with Gasteiger partial charge in [0, 0.05) is 55.2 Å². The summed E-state index contributed by atoms with van der Waals surface area (Å²) in [5, 5.41) is 3.98. The highest BCUT2D eigenvalue weighted by Gasteiger charge is 2.37. The van der Waals surface area contributed by atoms with Gasteiger partial charge in [-0.2, -0.15) is 18.3 Å². The van der Waals surface area contributed by atoms with Crippen molar-refractivity contribution in [1.82, 2.24) is 19.7 Å². The minimum Gasteiger partial charge on any atom is -0.381 e. The van der Waals surface area contributed by atoms with Gasteiger partial charge in [0.1, 0.15) is 11.5 Å². The summed E-state index contributed by atoms with van der Waals surface area (Å²) in [6.45, 7) is 5.91. The number of aromatic amines is 1. The van der Waals surface area contributed by atoms with Crippen LogP contribution in [0, 0.1) is 0 Å². The molecule has 0 amide bonds. The third-order valence-corrected chi connectivity index (χ3v) is 5.40. The highest BCUT2D eigenvalue weighted by Crippen LogP contribution is 2.39. The van der Waals surface area contributed by atoms with E-state index in [1.165, 1.54) is 38.7 Å². The number of rotatable bonds is 7. The SMILES string of the molecule is C=C(/C(Cl)=C(F)\C=C/COC)[C@@H](C)c1c[nH]c2ncc(-c3cn(C)nc3C(F)(F)F)cc12. The van der Waals surface area contributed by atoms with Gasteiger partial charge in [-0.25, -0.2) is 9.37 Å². The van der Waals surface area contributed by atoms with E-state index in [1.807, 2.05) is 0 Å². The number of hydrogen-bond acceptors (Lipinski definition) is 3. The molecule has 3 aromatic rings. The monoisotopic (exact) mass is 468 g/mol. The maximum atomic E-state index is 14.3. The van der Waals surface area contributed by atoms with Crippen LogP contribution in [0.25, 0.3) is 22.2 Å². The lowest BCUT2D eigenvalue weighted by Gasteiger charge is -2.14. The summed E-state index contributed by atoms with van der Waals surface area (Å²) in [5.41, 5.74) is 0.638. The van der Waals surface area contributed by atoms with Crippen LogP contribution >= 0.6 is 11.6 Å². The zero-order valence-electron chi connectivity index (χ0n) is 17.6. The highest BCUT2D eigenvalue weighted by molar-refractivity contribution is 6.32. The van der Waals surface area contributed by atoms with Crippen LogP contribution in [0.4, 0.5) is 17.6 Å². The molecule has 0 saturated heterocycles. The van der Waals surface area contributed by atoms with Crippen LogP contribution in [-0.2, 0) is 18.0 Å². The summed E-state index contributed by atoms with van der Waals surface area (Å²) in [6.07, 6.45) is 2.36. The van der Waals surface area contributed by atoms with Crippen LogP contribution in [0.5, 0.6) is 0 Å². The second kappa shape index (κ2) is 9.30. The Labute approximate surface area is 187 Å². The molecule has 10 heteroatoms. The minimum absolute atomic E-state index is 0.0831. The van der Waals surface area contributed by atoms with E-state index in [9.17, 15) is 17.6 Å². The van der Waals surface area contributed by atoms with Crippen molar-refractivity contribution in [3.05, 3.63) is 71.1 Å². The number of methoxy groups -OCH3 is 1. The maximum absolute atomic E-state index is 14.3. The van der Waals surface area contributed by atoms with Gasteiger partial charge >= 0.3 is 6.18 Å². The molecular weight excluding hydrogens is 448 g/mol. The Morgan fingerprint density at radius 1 is 1.41 bits per heavy atom. The van der Waals surface area contributed by atoms with Crippen molar-refractivity contribution in [2.45, 2.75) is 19.0 Å². The average Bonchev–Trinajstić information content (AvgIpc) is 3.35. The fourth-order valence-corrected chi connectivity index (χ4v) is 3.52. The smallest absolute Gasteiger partial charge is 0.381 e. The van der Waals surface area contributed by atoms with Crippen molar-refractivity contribution in [1.29, 1.82) is 0 Å². The van der Waals surface area contributed by atoms with E-state index in [2.05, 4.69) is 21.6 Å². The maximum Gasteiger partial charge on any atom is 0.435 e. The van der Waals surface area contributed by atoms with E-state index in [0.29, 0.717) is 22.2 Å². The number of alkyl halides is 3. The molecule has 1 atom stereocenters. The van der Waals surface area contributed by atoms with Crippen LogP contribution < -0.4 is 0 Å². The topological polar surface area (TPSA) is 55.7 Å². The van der Waals surface area contributed by atoms with Gasteiger partial charge in [0.15, 0.2) is 5.69 Å². The summed E-state index contributed by atoms with van der Waals surface area (Å²) < 4.78 is 60.5. The van der Waals surface area contributed by atoms with Crippen LogP contribution in [0.2, 0.25) is 0 Å². The van der Waals surface area contributed by atoms with Crippen molar-refractivity contribution in [3.8, 4) is 11.1 Å². The predicted molar refractivity (Wildman–Crippen MR) is 116 cm³/mol. The van der Waals surface area contributed by atoms with Gasteiger partial charge in [-0.15, -0.1) is 0 Å².